The second-order valence-corrected chi connectivity index (χ2v) is 12.1. The second-order valence-electron chi connectivity index (χ2n) is 11.1. The van der Waals surface area contributed by atoms with Crippen molar-refractivity contribution in [2.24, 2.45) is 0 Å². The number of thiazole rings is 1. The maximum Gasteiger partial charge on any atom is 0.276 e. The molecule has 0 spiro atoms. The lowest BCUT2D eigenvalue weighted by atomic mass is 10.1. The summed E-state index contributed by atoms with van der Waals surface area (Å²) in [4.78, 5) is 35.9. The zero-order valence-electron chi connectivity index (χ0n) is 21.7. The summed E-state index contributed by atoms with van der Waals surface area (Å²) in [6, 6.07) is 7.66. The summed E-state index contributed by atoms with van der Waals surface area (Å²) in [5.41, 5.74) is 2.40. The van der Waals surface area contributed by atoms with E-state index < -0.39 is 0 Å². The molecule has 0 radical (unpaired) electrons. The highest BCUT2D eigenvalue weighted by atomic mass is 32.1. The lowest BCUT2D eigenvalue weighted by Gasteiger charge is -2.32. The van der Waals surface area contributed by atoms with Gasteiger partial charge in [0.25, 0.3) is 11.8 Å². The molecule has 1 aromatic carbocycles. The van der Waals surface area contributed by atoms with Crippen LogP contribution in [0.5, 0.6) is 0 Å². The normalized spacial score (nSPS) is 19.2. The molecule has 0 saturated carbocycles. The number of nitrogens with zero attached hydrogens (tertiary/aromatic N) is 5. The van der Waals surface area contributed by atoms with E-state index in [1.807, 2.05) is 49.4 Å². The molecule has 2 aliphatic heterocycles. The van der Waals surface area contributed by atoms with Gasteiger partial charge >= 0.3 is 0 Å². The van der Waals surface area contributed by atoms with Gasteiger partial charge in [0.1, 0.15) is 4.70 Å². The summed E-state index contributed by atoms with van der Waals surface area (Å²) in [6.07, 6.45) is 5.85. The molecule has 0 bridgehead atoms. The number of piperidine rings is 1. The molecule has 1 N–H and O–H groups in total. The molecule has 0 unspecified atom stereocenters. The molecule has 2 aliphatic rings. The summed E-state index contributed by atoms with van der Waals surface area (Å²) in [5, 5.41) is 8.19. The zero-order valence-corrected chi connectivity index (χ0v) is 22.5. The minimum absolute atomic E-state index is 0.0254. The third-order valence-corrected chi connectivity index (χ3v) is 8.12. The van der Waals surface area contributed by atoms with Crippen LogP contribution < -0.4 is 5.32 Å². The van der Waals surface area contributed by atoms with Crippen LogP contribution in [0.4, 0.5) is 5.13 Å². The Kier molecular flexibility index (Phi) is 6.87. The Morgan fingerprint density at radius 2 is 1.78 bits per heavy atom. The monoisotopic (exact) mass is 508 g/mol. The molecular weight excluding hydrogens is 472 g/mol. The number of aromatic nitrogens is 3. The molecule has 2 aromatic heterocycles. The Labute approximate surface area is 216 Å². The number of benzene rings is 1. The minimum Gasteiger partial charge on any atom is -0.333 e. The third-order valence-electron chi connectivity index (χ3n) is 7.15. The van der Waals surface area contributed by atoms with Crippen molar-refractivity contribution in [2.75, 3.05) is 31.5 Å². The Hall–Kier alpha value is -2.78. The van der Waals surface area contributed by atoms with E-state index in [-0.39, 0.29) is 23.4 Å². The van der Waals surface area contributed by atoms with Crippen LogP contribution in [0.1, 0.15) is 79.3 Å². The number of likely N-dealkylation sites (tertiary alicyclic amines) is 2. The van der Waals surface area contributed by atoms with Crippen molar-refractivity contribution in [3.05, 3.63) is 41.1 Å². The van der Waals surface area contributed by atoms with Gasteiger partial charge in [-0.25, -0.2) is 4.68 Å². The molecule has 192 valence electrons. The first-order valence-corrected chi connectivity index (χ1v) is 13.8. The van der Waals surface area contributed by atoms with E-state index in [1.165, 1.54) is 30.6 Å². The van der Waals surface area contributed by atoms with Crippen LogP contribution in [0.25, 0.3) is 10.3 Å². The molecule has 2 fully saturated rings. The van der Waals surface area contributed by atoms with Crippen molar-refractivity contribution in [3.63, 3.8) is 0 Å². The Morgan fingerprint density at radius 1 is 1.06 bits per heavy atom. The van der Waals surface area contributed by atoms with Crippen molar-refractivity contribution in [1.82, 2.24) is 24.6 Å². The molecule has 0 aliphatic carbocycles. The average Bonchev–Trinajstić information content (AvgIpc) is 3.54. The number of hydrogen-bond donors (Lipinski definition) is 1. The highest BCUT2D eigenvalue weighted by Gasteiger charge is 2.35. The number of amides is 2. The SMILES string of the molecule is Cc1ccc(C(=O)Nc2nc3c(s2)c(C(=O)N2CCC[C@H]2CN2CCCCC2)nn3C(C)(C)C)cc1. The summed E-state index contributed by atoms with van der Waals surface area (Å²) >= 11 is 1.33. The molecule has 1 atom stereocenters. The fraction of sp³-hybridized carbons (Fsp3) is 0.556. The van der Waals surface area contributed by atoms with Crippen molar-refractivity contribution in [2.45, 2.75) is 71.4 Å². The molecule has 8 nitrogen and oxygen atoms in total. The fourth-order valence-corrected chi connectivity index (χ4v) is 6.12. The topological polar surface area (TPSA) is 83.4 Å². The van der Waals surface area contributed by atoms with Gasteiger partial charge in [0, 0.05) is 24.7 Å². The molecular formula is C27H36N6O2S. The minimum atomic E-state index is -0.360. The molecule has 2 amide bonds. The van der Waals surface area contributed by atoms with Crippen LogP contribution in [0, 0.1) is 6.92 Å². The van der Waals surface area contributed by atoms with E-state index in [2.05, 4.69) is 10.2 Å². The summed E-state index contributed by atoms with van der Waals surface area (Å²) in [7, 11) is 0. The van der Waals surface area contributed by atoms with Gasteiger partial charge in [-0.3, -0.25) is 14.9 Å². The first-order valence-electron chi connectivity index (χ1n) is 13.0. The average molecular weight is 509 g/mol. The standard InChI is InChI=1S/C27H36N6O2S/c1-18-10-12-19(13-11-18)24(34)29-26-28-23-22(36-26)21(30-33(23)27(2,3)4)25(35)32-16-8-9-20(32)17-31-14-6-5-7-15-31/h10-13,20H,5-9,14-17H2,1-4H3,(H,28,29,34)/t20-/m0/s1. The van der Waals surface area contributed by atoms with Crippen LogP contribution in [0.2, 0.25) is 0 Å². The maximum absolute atomic E-state index is 13.9. The molecule has 5 rings (SSSR count). The maximum atomic E-state index is 13.9. The zero-order chi connectivity index (χ0) is 25.4. The van der Waals surface area contributed by atoms with E-state index in [0.29, 0.717) is 22.0 Å². The van der Waals surface area contributed by atoms with Crippen LogP contribution in [-0.4, -0.2) is 68.6 Å². The van der Waals surface area contributed by atoms with Crippen molar-refractivity contribution < 1.29 is 9.59 Å². The second kappa shape index (κ2) is 9.94. The first kappa shape index (κ1) is 24.9. The Bertz CT molecular complexity index is 1250. The van der Waals surface area contributed by atoms with Crippen LogP contribution in [-0.2, 0) is 5.54 Å². The van der Waals surface area contributed by atoms with E-state index >= 15 is 0 Å². The quantitative estimate of drug-likeness (QED) is 0.530. The van der Waals surface area contributed by atoms with E-state index in [1.54, 1.807) is 12.1 Å². The summed E-state index contributed by atoms with van der Waals surface area (Å²) in [6.45, 7) is 12.1. The van der Waals surface area contributed by atoms with E-state index in [9.17, 15) is 9.59 Å². The van der Waals surface area contributed by atoms with Gasteiger partial charge in [0.05, 0.1) is 5.54 Å². The van der Waals surface area contributed by atoms with Crippen LogP contribution in [0.15, 0.2) is 24.3 Å². The number of hydrogen-bond acceptors (Lipinski definition) is 6. The lowest BCUT2D eigenvalue weighted by Crippen LogP contribution is -2.45. The number of carbonyl (C=O) groups is 2. The first-order chi connectivity index (χ1) is 17.2. The largest absolute Gasteiger partial charge is 0.333 e. The molecule has 4 heterocycles. The highest BCUT2D eigenvalue weighted by molar-refractivity contribution is 7.22. The number of aryl methyl sites for hydroxylation is 1. The van der Waals surface area contributed by atoms with Gasteiger partial charge in [0.15, 0.2) is 16.5 Å². The number of nitrogens with one attached hydrogen (secondary N) is 1. The summed E-state index contributed by atoms with van der Waals surface area (Å²) < 4.78 is 2.56. The highest BCUT2D eigenvalue weighted by Crippen LogP contribution is 2.34. The number of anilines is 1. The smallest absolute Gasteiger partial charge is 0.276 e. The van der Waals surface area contributed by atoms with Gasteiger partial charge in [-0.1, -0.05) is 35.5 Å². The summed E-state index contributed by atoms with van der Waals surface area (Å²) in [5.74, 6) is -0.238. The number of fused-ring (bicyclic) bond motifs is 1. The molecule has 9 heteroatoms. The van der Waals surface area contributed by atoms with Gasteiger partial charge in [-0.05, 0) is 78.6 Å². The van der Waals surface area contributed by atoms with Crippen molar-refractivity contribution in [3.8, 4) is 0 Å². The Morgan fingerprint density at radius 3 is 2.47 bits per heavy atom. The predicted octanol–water partition coefficient (Wildman–Crippen LogP) is 4.90. The number of carbonyl (C=O) groups excluding carboxylic acids is 2. The van der Waals surface area contributed by atoms with Gasteiger partial charge in [0.2, 0.25) is 0 Å². The molecule has 2 saturated heterocycles. The lowest BCUT2D eigenvalue weighted by molar-refractivity contribution is 0.0684. The van der Waals surface area contributed by atoms with Crippen LogP contribution >= 0.6 is 11.3 Å². The van der Waals surface area contributed by atoms with E-state index in [0.717, 1.165) is 49.3 Å². The number of rotatable bonds is 5. The van der Waals surface area contributed by atoms with Gasteiger partial charge in [-0.2, -0.15) is 10.1 Å². The molecule has 36 heavy (non-hydrogen) atoms. The van der Waals surface area contributed by atoms with E-state index in [4.69, 9.17) is 10.1 Å². The fourth-order valence-electron chi connectivity index (χ4n) is 5.21. The predicted molar refractivity (Wildman–Crippen MR) is 144 cm³/mol. The van der Waals surface area contributed by atoms with Crippen LogP contribution in [0.3, 0.4) is 0 Å². The Balaban J connectivity index is 1.43. The van der Waals surface area contributed by atoms with Crippen molar-refractivity contribution in [1.29, 1.82) is 0 Å². The third kappa shape index (κ3) is 5.04. The van der Waals surface area contributed by atoms with Crippen molar-refractivity contribution >= 4 is 38.6 Å². The molecule has 3 aromatic rings. The van der Waals surface area contributed by atoms with Gasteiger partial charge < -0.3 is 9.80 Å². The van der Waals surface area contributed by atoms with Gasteiger partial charge in [-0.15, -0.1) is 0 Å².